The first-order valence-corrected chi connectivity index (χ1v) is 7.18. The van der Waals surface area contributed by atoms with Crippen LogP contribution in [0.25, 0.3) is 0 Å². The number of hydrogen-bond donors (Lipinski definition) is 2. The molecule has 0 bridgehead atoms. The van der Waals surface area contributed by atoms with Gasteiger partial charge in [-0.2, -0.15) is 0 Å². The minimum atomic E-state index is -0.343. The molecule has 1 amide bonds. The van der Waals surface area contributed by atoms with Gasteiger partial charge in [-0.05, 0) is 57.0 Å². The van der Waals surface area contributed by atoms with Crippen molar-refractivity contribution in [2.45, 2.75) is 31.7 Å². The minimum Gasteiger partial charge on any atom is -0.330 e. The lowest BCUT2D eigenvalue weighted by atomic mass is 10.1. The van der Waals surface area contributed by atoms with Crippen molar-refractivity contribution >= 4 is 11.6 Å². The van der Waals surface area contributed by atoms with Gasteiger partial charge >= 0.3 is 0 Å². The second-order valence-electron chi connectivity index (χ2n) is 5.26. The van der Waals surface area contributed by atoms with Crippen molar-refractivity contribution in [1.29, 1.82) is 0 Å². The Hall–Kier alpha value is -1.46. The van der Waals surface area contributed by atoms with E-state index < -0.39 is 0 Å². The van der Waals surface area contributed by atoms with E-state index in [2.05, 4.69) is 10.2 Å². The fourth-order valence-electron chi connectivity index (χ4n) is 2.73. The molecule has 3 N–H and O–H groups in total. The molecule has 0 saturated carbocycles. The highest BCUT2D eigenvalue weighted by Crippen LogP contribution is 2.21. The Kier molecular flexibility index (Phi) is 5.49. The number of benzene rings is 1. The number of amides is 1. The Morgan fingerprint density at radius 3 is 3.10 bits per heavy atom. The Labute approximate surface area is 119 Å². The third-order valence-electron chi connectivity index (χ3n) is 3.70. The Morgan fingerprint density at radius 2 is 2.35 bits per heavy atom. The summed E-state index contributed by atoms with van der Waals surface area (Å²) in [5.41, 5.74) is 6.04. The van der Waals surface area contributed by atoms with Crippen molar-refractivity contribution in [3.05, 3.63) is 30.1 Å². The summed E-state index contributed by atoms with van der Waals surface area (Å²) in [6.07, 6.45) is 4.30. The number of rotatable bonds is 6. The van der Waals surface area contributed by atoms with Crippen LogP contribution in [0, 0.1) is 5.82 Å². The summed E-state index contributed by atoms with van der Waals surface area (Å²) in [5, 5.41) is 2.74. The van der Waals surface area contributed by atoms with E-state index in [1.807, 2.05) is 0 Å². The van der Waals surface area contributed by atoms with E-state index in [4.69, 9.17) is 5.73 Å². The van der Waals surface area contributed by atoms with E-state index in [-0.39, 0.29) is 11.7 Å². The zero-order valence-electron chi connectivity index (χ0n) is 11.6. The molecule has 1 aromatic carbocycles. The number of carbonyl (C=O) groups excluding carboxylic acids is 1. The SMILES string of the molecule is NCCCC1CCCN1CC(=O)Nc1cccc(F)c1. The van der Waals surface area contributed by atoms with Crippen LogP contribution in [0.2, 0.25) is 0 Å². The van der Waals surface area contributed by atoms with Crippen LogP contribution >= 0.6 is 0 Å². The Morgan fingerprint density at radius 1 is 1.50 bits per heavy atom. The van der Waals surface area contributed by atoms with Gasteiger partial charge in [0.25, 0.3) is 0 Å². The van der Waals surface area contributed by atoms with Gasteiger partial charge in [0, 0.05) is 11.7 Å². The largest absolute Gasteiger partial charge is 0.330 e. The maximum atomic E-state index is 13.1. The Bertz CT molecular complexity index is 452. The van der Waals surface area contributed by atoms with Crippen LogP contribution in [-0.2, 0) is 4.79 Å². The normalized spacial score (nSPS) is 19.2. The summed E-state index contributed by atoms with van der Waals surface area (Å²) in [6.45, 7) is 2.01. The van der Waals surface area contributed by atoms with E-state index in [1.165, 1.54) is 12.1 Å². The number of nitrogens with zero attached hydrogens (tertiary/aromatic N) is 1. The highest BCUT2D eigenvalue weighted by molar-refractivity contribution is 5.92. The summed E-state index contributed by atoms with van der Waals surface area (Å²) >= 11 is 0. The maximum absolute atomic E-state index is 13.1. The predicted octanol–water partition coefficient (Wildman–Crippen LogP) is 1.97. The van der Waals surface area contributed by atoms with Gasteiger partial charge in [-0.15, -0.1) is 0 Å². The molecular formula is C15H22FN3O. The van der Waals surface area contributed by atoms with Gasteiger partial charge in [-0.3, -0.25) is 9.69 Å². The molecule has 1 aliphatic heterocycles. The number of carbonyl (C=O) groups is 1. The molecule has 0 aromatic heterocycles. The smallest absolute Gasteiger partial charge is 0.238 e. The minimum absolute atomic E-state index is 0.0877. The van der Waals surface area contributed by atoms with Crippen LogP contribution in [0.3, 0.4) is 0 Å². The fraction of sp³-hybridized carbons (Fsp3) is 0.533. The van der Waals surface area contributed by atoms with Gasteiger partial charge in [0.1, 0.15) is 5.82 Å². The first-order chi connectivity index (χ1) is 9.69. The van der Waals surface area contributed by atoms with Crippen LogP contribution < -0.4 is 11.1 Å². The highest BCUT2D eigenvalue weighted by atomic mass is 19.1. The van der Waals surface area contributed by atoms with E-state index in [0.717, 1.165) is 32.2 Å². The zero-order chi connectivity index (χ0) is 14.4. The van der Waals surface area contributed by atoms with Crippen molar-refractivity contribution in [2.24, 2.45) is 5.73 Å². The molecule has 1 saturated heterocycles. The van der Waals surface area contributed by atoms with Crippen molar-refractivity contribution in [3.63, 3.8) is 0 Å². The molecule has 1 heterocycles. The molecule has 0 aliphatic carbocycles. The topological polar surface area (TPSA) is 58.4 Å². The zero-order valence-corrected chi connectivity index (χ0v) is 11.6. The van der Waals surface area contributed by atoms with E-state index in [0.29, 0.717) is 24.8 Å². The molecule has 2 rings (SSSR count). The van der Waals surface area contributed by atoms with Crippen molar-refractivity contribution < 1.29 is 9.18 Å². The molecule has 0 radical (unpaired) electrons. The lowest BCUT2D eigenvalue weighted by Gasteiger charge is -2.23. The van der Waals surface area contributed by atoms with Gasteiger partial charge in [0.2, 0.25) is 5.91 Å². The summed E-state index contributed by atoms with van der Waals surface area (Å²) in [4.78, 5) is 14.2. The number of nitrogens with two attached hydrogens (primary N) is 1. The second-order valence-corrected chi connectivity index (χ2v) is 5.26. The molecule has 1 aromatic rings. The third-order valence-corrected chi connectivity index (χ3v) is 3.70. The van der Waals surface area contributed by atoms with Gasteiger partial charge in [-0.1, -0.05) is 6.07 Å². The number of anilines is 1. The molecule has 5 heteroatoms. The van der Waals surface area contributed by atoms with E-state index in [1.54, 1.807) is 12.1 Å². The lowest BCUT2D eigenvalue weighted by Crippen LogP contribution is -2.37. The summed E-state index contributed by atoms with van der Waals surface area (Å²) < 4.78 is 13.1. The van der Waals surface area contributed by atoms with Crippen LogP contribution in [0.1, 0.15) is 25.7 Å². The van der Waals surface area contributed by atoms with E-state index in [9.17, 15) is 9.18 Å². The van der Waals surface area contributed by atoms with Crippen LogP contribution in [0.15, 0.2) is 24.3 Å². The molecular weight excluding hydrogens is 257 g/mol. The standard InChI is InChI=1S/C15H22FN3O/c16-12-4-1-5-13(10-12)18-15(20)11-19-9-3-7-14(19)6-2-8-17/h1,4-5,10,14H,2-3,6-9,11,17H2,(H,18,20). The third kappa shape index (κ3) is 4.28. The molecule has 0 spiro atoms. The van der Waals surface area contributed by atoms with Crippen molar-refractivity contribution in [2.75, 3.05) is 25.0 Å². The molecule has 110 valence electrons. The number of halogens is 1. The van der Waals surface area contributed by atoms with Crippen LogP contribution in [0.5, 0.6) is 0 Å². The van der Waals surface area contributed by atoms with Gasteiger partial charge in [0.05, 0.1) is 6.54 Å². The predicted molar refractivity (Wildman–Crippen MR) is 77.9 cm³/mol. The average Bonchev–Trinajstić information content (AvgIpc) is 2.83. The van der Waals surface area contributed by atoms with Crippen molar-refractivity contribution in [3.8, 4) is 0 Å². The van der Waals surface area contributed by atoms with Crippen LogP contribution in [0.4, 0.5) is 10.1 Å². The average molecular weight is 279 g/mol. The monoisotopic (exact) mass is 279 g/mol. The van der Waals surface area contributed by atoms with E-state index >= 15 is 0 Å². The van der Waals surface area contributed by atoms with Crippen LogP contribution in [-0.4, -0.2) is 36.5 Å². The molecule has 4 nitrogen and oxygen atoms in total. The Balaban J connectivity index is 1.84. The molecule has 20 heavy (non-hydrogen) atoms. The lowest BCUT2D eigenvalue weighted by molar-refractivity contribution is -0.117. The molecule has 1 atom stereocenters. The summed E-state index contributed by atoms with van der Waals surface area (Å²) in [6, 6.07) is 6.42. The van der Waals surface area contributed by atoms with Gasteiger partial charge < -0.3 is 11.1 Å². The number of nitrogens with one attached hydrogen (secondary N) is 1. The second kappa shape index (κ2) is 7.36. The fourth-order valence-corrected chi connectivity index (χ4v) is 2.73. The molecule has 1 fully saturated rings. The summed E-state index contributed by atoms with van der Waals surface area (Å²) in [7, 11) is 0. The van der Waals surface area contributed by atoms with Crippen molar-refractivity contribution in [1.82, 2.24) is 4.90 Å². The number of likely N-dealkylation sites (tertiary alicyclic amines) is 1. The van der Waals surface area contributed by atoms with Gasteiger partial charge in [-0.25, -0.2) is 4.39 Å². The quantitative estimate of drug-likeness (QED) is 0.837. The number of hydrogen-bond acceptors (Lipinski definition) is 3. The first kappa shape index (κ1) is 14.9. The maximum Gasteiger partial charge on any atom is 0.238 e. The first-order valence-electron chi connectivity index (χ1n) is 7.18. The summed E-state index contributed by atoms with van der Waals surface area (Å²) in [5.74, 6) is -0.431. The highest BCUT2D eigenvalue weighted by Gasteiger charge is 2.25. The molecule has 1 aliphatic rings. The van der Waals surface area contributed by atoms with Gasteiger partial charge in [0.15, 0.2) is 0 Å². The molecule has 1 unspecified atom stereocenters.